The quantitative estimate of drug-likeness (QED) is 0.242. The second kappa shape index (κ2) is 8.22. The van der Waals surface area contributed by atoms with Crippen molar-refractivity contribution in [3.63, 3.8) is 0 Å². The highest BCUT2D eigenvalue weighted by Crippen LogP contribution is 2.58. The van der Waals surface area contributed by atoms with Crippen molar-refractivity contribution in [1.29, 1.82) is 0 Å². The molecule has 4 N–H and O–H groups in total. The summed E-state index contributed by atoms with van der Waals surface area (Å²) in [6, 6.07) is 21.9. The molecular weight excluding hydrogens is 468 g/mol. The number of hydrogen-bond acceptors (Lipinski definition) is 5. The Balaban J connectivity index is 2.05. The van der Waals surface area contributed by atoms with Gasteiger partial charge in [-0.25, -0.2) is 0 Å². The summed E-state index contributed by atoms with van der Waals surface area (Å²) >= 11 is 0. The van der Waals surface area contributed by atoms with Gasteiger partial charge in [0.2, 0.25) is 0 Å². The Morgan fingerprint density at radius 1 is 0.694 bits per heavy atom. The van der Waals surface area contributed by atoms with E-state index in [2.05, 4.69) is 30.3 Å². The third-order valence-electron chi connectivity index (χ3n) is 7.57. The Labute approximate surface area is 212 Å². The minimum Gasteiger partial charge on any atom is -0.398 e. The molecule has 0 heterocycles. The highest BCUT2D eigenvalue weighted by Gasteiger charge is 2.48. The summed E-state index contributed by atoms with van der Waals surface area (Å²) in [5.74, 6) is 0. The minimum absolute atomic E-state index is 0.157. The molecule has 0 fully saturated rings. The van der Waals surface area contributed by atoms with Crippen LogP contribution in [0, 0.1) is 27.7 Å². The lowest BCUT2D eigenvalue weighted by Crippen LogP contribution is -2.29. The van der Waals surface area contributed by atoms with E-state index in [0.29, 0.717) is 5.56 Å². The summed E-state index contributed by atoms with van der Waals surface area (Å²) in [4.78, 5) is 0.157. The molecule has 4 aromatic carbocycles. The fourth-order valence-electron chi connectivity index (χ4n) is 5.76. The van der Waals surface area contributed by atoms with Gasteiger partial charge in [-0.05, 0) is 83.8 Å². The first-order chi connectivity index (χ1) is 17.0. The Morgan fingerprint density at radius 2 is 1.17 bits per heavy atom. The second-order valence-electron chi connectivity index (χ2n) is 9.64. The van der Waals surface area contributed by atoms with Gasteiger partial charge >= 0.3 is 0 Å². The van der Waals surface area contributed by atoms with Crippen LogP contribution >= 0.6 is 0 Å². The van der Waals surface area contributed by atoms with Crippen molar-refractivity contribution in [2.24, 2.45) is 0 Å². The topological polar surface area (TPSA) is 95.4 Å². The maximum Gasteiger partial charge on any atom is 0.297 e. The first kappa shape index (κ1) is 24.1. The first-order valence-electron chi connectivity index (χ1n) is 11.8. The highest BCUT2D eigenvalue weighted by molar-refractivity contribution is 7.86. The summed E-state index contributed by atoms with van der Waals surface area (Å²) in [6.07, 6.45) is 0. The van der Waals surface area contributed by atoms with Gasteiger partial charge < -0.3 is 11.5 Å². The summed E-state index contributed by atoms with van der Waals surface area (Å²) in [6.45, 7) is 8.03. The lowest BCUT2D eigenvalue weighted by molar-refractivity contribution is 0.398. The van der Waals surface area contributed by atoms with Gasteiger partial charge in [-0.1, -0.05) is 60.7 Å². The molecule has 0 unspecified atom stereocenters. The smallest absolute Gasteiger partial charge is 0.297 e. The molecule has 4 aromatic rings. The van der Waals surface area contributed by atoms with Crippen molar-refractivity contribution in [3.8, 4) is 11.1 Å². The van der Waals surface area contributed by atoms with Gasteiger partial charge in [0.25, 0.3) is 10.1 Å². The SMILES string of the molecule is COS(=O)(=O)c1cccc2c1-c1ccccc1C2(c1cc(C)c(N)c(C)c1)c1cc(C)c(N)c(C)c1. The van der Waals surface area contributed by atoms with Gasteiger partial charge in [0.15, 0.2) is 0 Å². The number of anilines is 2. The zero-order valence-electron chi connectivity index (χ0n) is 21.1. The molecule has 0 radical (unpaired) electrons. The average Bonchev–Trinajstić information content (AvgIpc) is 3.16. The molecule has 0 saturated heterocycles. The second-order valence-corrected chi connectivity index (χ2v) is 11.3. The van der Waals surface area contributed by atoms with Crippen LogP contribution in [-0.2, 0) is 19.7 Å². The van der Waals surface area contributed by atoms with E-state index >= 15 is 0 Å². The molecule has 36 heavy (non-hydrogen) atoms. The molecule has 0 aliphatic heterocycles. The van der Waals surface area contributed by atoms with Crippen molar-refractivity contribution >= 4 is 21.5 Å². The molecule has 0 saturated carbocycles. The van der Waals surface area contributed by atoms with Gasteiger partial charge in [0.05, 0.1) is 12.5 Å². The summed E-state index contributed by atoms with van der Waals surface area (Å²) in [5.41, 5.74) is 22.8. The number of hydrogen-bond donors (Lipinski definition) is 2. The molecule has 0 amide bonds. The van der Waals surface area contributed by atoms with Crippen LogP contribution in [0.3, 0.4) is 0 Å². The van der Waals surface area contributed by atoms with E-state index in [0.717, 1.165) is 61.4 Å². The third-order valence-corrected chi connectivity index (χ3v) is 8.89. The van der Waals surface area contributed by atoms with Crippen molar-refractivity contribution in [1.82, 2.24) is 0 Å². The fourth-order valence-corrected chi connectivity index (χ4v) is 6.66. The molecule has 5 rings (SSSR count). The van der Waals surface area contributed by atoms with Crippen LogP contribution in [0.2, 0.25) is 0 Å². The van der Waals surface area contributed by atoms with Crippen molar-refractivity contribution in [2.75, 3.05) is 18.6 Å². The normalized spacial score (nSPS) is 13.9. The molecule has 0 spiro atoms. The number of nitrogens with two attached hydrogens (primary N) is 2. The highest BCUT2D eigenvalue weighted by atomic mass is 32.2. The van der Waals surface area contributed by atoms with Crippen LogP contribution < -0.4 is 11.5 Å². The number of rotatable bonds is 4. The molecule has 1 aliphatic rings. The summed E-state index contributed by atoms with van der Waals surface area (Å²) < 4.78 is 31.2. The van der Waals surface area contributed by atoms with Crippen LogP contribution in [0.15, 0.2) is 71.6 Å². The van der Waals surface area contributed by atoms with E-state index in [9.17, 15) is 8.42 Å². The zero-order valence-corrected chi connectivity index (χ0v) is 22.0. The van der Waals surface area contributed by atoms with Crippen molar-refractivity contribution in [2.45, 2.75) is 38.0 Å². The molecule has 0 atom stereocenters. The largest absolute Gasteiger partial charge is 0.398 e. The molecule has 0 aromatic heterocycles. The van der Waals surface area contributed by atoms with Gasteiger partial charge in [0, 0.05) is 16.9 Å². The Bertz CT molecular complexity index is 1550. The predicted molar refractivity (Wildman–Crippen MR) is 146 cm³/mol. The van der Waals surface area contributed by atoms with E-state index in [1.54, 1.807) is 12.1 Å². The van der Waals surface area contributed by atoms with E-state index in [1.807, 2.05) is 52.0 Å². The van der Waals surface area contributed by atoms with Gasteiger partial charge in [-0.3, -0.25) is 4.18 Å². The number of nitrogen functional groups attached to an aromatic ring is 2. The standard InChI is InChI=1S/C30H30N2O3S/c1-17-13-21(14-18(2)28(17)31)30(22-15-19(3)29(32)20(4)16-22)24-10-7-6-9-23(24)27-25(30)11-8-12-26(27)36(33,34)35-5/h6-16H,31-32H2,1-5H3. The minimum atomic E-state index is -3.97. The Hall–Kier alpha value is -3.61. The number of fused-ring (bicyclic) bond motifs is 3. The van der Waals surface area contributed by atoms with Crippen molar-refractivity contribution < 1.29 is 12.6 Å². The molecule has 1 aliphatic carbocycles. The Kier molecular flexibility index (Phi) is 5.50. The van der Waals surface area contributed by atoms with Gasteiger partial charge in [-0.2, -0.15) is 8.42 Å². The lowest BCUT2D eigenvalue weighted by atomic mass is 9.66. The average molecular weight is 499 g/mol. The number of benzene rings is 4. The maximum absolute atomic E-state index is 13.1. The van der Waals surface area contributed by atoms with Crippen LogP contribution in [-0.4, -0.2) is 15.5 Å². The Morgan fingerprint density at radius 3 is 1.67 bits per heavy atom. The van der Waals surface area contributed by atoms with E-state index < -0.39 is 15.5 Å². The first-order valence-corrected chi connectivity index (χ1v) is 13.2. The van der Waals surface area contributed by atoms with Gasteiger partial charge in [0.1, 0.15) is 4.90 Å². The van der Waals surface area contributed by atoms with E-state index in [-0.39, 0.29) is 4.90 Å². The monoisotopic (exact) mass is 498 g/mol. The molecule has 6 heteroatoms. The number of aryl methyl sites for hydroxylation is 4. The van der Waals surface area contributed by atoms with Crippen LogP contribution in [0.25, 0.3) is 11.1 Å². The molecule has 5 nitrogen and oxygen atoms in total. The molecule has 0 bridgehead atoms. The van der Waals surface area contributed by atoms with E-state index in [1.165, 1.54) is 7.11 Å². The summed E-state index contributed by atoms with van der Waals surface area (Å²) in [7, 11) is -2.77. The van der Waals surface area contributed by atoms with Gasteiger partial charge in [-0.15, -0.1) is 0 Å². The van der Waals surface area contributed by atoms with Crippen LogP contribution in [0.5, 0.6) is 0 Å². The lowest BCUT2D eigenvalue weighted by Gasteiger charge is -2.35. The van der Waals surface area contributed by atoms with Crippen molar-refractivity contribution in [3.05, 3.63) is 111 Å². The fraction of sp³-hybridized carbons (Fsp3) is 0.200. The maximum atomic E-state index is 13.1. The molecule has 184 valence electrons. The molecular formula is C30H30N2O3S. The predicted octanol–water partition coefficient (Wildman–Crippen LogP) is 5.78. The zero-order chi connectivity index (χ0) is 26.0. The third kappa shape index (κ3) is 3.21. The van der Waals surface area contributed by atoms with Crippen LogP contribution in [0.4, 0.5) is 11.4 Å². The van der Waals surface area contributed by atoms with E-state index in [4.69, 9.17) is 15.7 Å². The summed E-state index contributed by atoms with van der Waals surface area (Å²) in [5, 5.41) is 0. The van der Waals surface area contributed by atoms with Crippen LogP contribution in [0.1, 0.15) is 44.5 Å².